The van der Waals surface area contributed by atoms with E-state index >= 15 is 0 Å². The molecule has 2 fully saturated rings. The molecule has 0 bridgehead atoms. The van der Waals surface area contributed by atoms with Gasteiger partial charge in [-0.1, -0.05) is 95.6 Å². The fourth-order valence-electron chi connectivity index (χ4n) is 8.23. The number of nitrogens with one attached hydrogen (secondary N) is 2. The highest BCUT2D eigenvalue weighted by Crippen LogP contribution is 2.43. The van der Waals surface area contributed by atoms with Crippen LogP contribution in [0.4, 0.5) is 0 Å². The van der Waals surface area contributed by atoms with Crippen LogP contribution in [0.5, 0.6) is 0 Å². The molecule has 2 aromatic rings. The van der Waals surface area contributed by atoms with Crippen LogP contribution >= 0.6 is 0 Å². The van der Waals surface area contributed by atoms with Crippen LogP contribution in [0.15, 0.2) is 60.2 Å². The number of carbonyl (C=O) groups is 4. The first kappa shape index (κ1) is 38.3. The van der Waals surface area contributed by atoms with Crippen LogP contribution in [0.25, 0.3) is 11.1 Å². The topological polar surface area (TPSA) is 102 Å². The quantitative estimate of drug-likeness (QED) is 0.293. The minimum atomic E-state index is -0.742. The monoisotopic (exact) mass is 697 g/mol. The van der Waals surface area contributed by atoms with Crippen LogP contribution < -0.4 is 10.6 Å². The number of fused-ring (bicyclic) bond motifs is 3. The fourth-order valence-corrected chi connectivity index (χ4v) is 8.23. The average Bonchev–Trinajstić information content (AvgIpc) is 3.71. The Morgan fingerprint density at radius 3 is 1.98 bits per heavy atom. The third-order valence-electron chi connectivity index (χ3n) is 11.1. The number of piperidine rings is 1. The summed E-state index contributed by atoms with van der Waals surface area (Å²) in [4.78, 5) is 61.6. The normalized spacial score (nSPS) is 20.9. The molecular weight excluding hydrogens is 638 g/mol. The highest BCUT2D eigenvalue weighted by atomic mass is 16.2. The molecule has 0 saturated carbocycles. The first-order chi connectivity index (χ1) is 24.1. The summed E-state index contributed by atoms with van der Waals surface area (Å²) in [5, 5.41) is 6.44. The molecule has 0 aromatic heterocycles. The Bertz CT molecular complexity index is 1600. The maximum absolute atomic E-state index is 14.3. The Balaban J connectivity index is 1.31. The summed E-state index contributed by atoms with van der Waals surface area (Å²) in [6.07, 6.45) is 6.04. The van der Waals surface area contributed by atoms with Gasteiger partial charge in [-0.05, 0) is 86.6 Å². The van der Waals surface area contributed by atoms with E-state index in [9.17, 15) is 19.2 Å². The minimum Gasteiger partial charge on any atom is -0.343 e. The van der Waals surface area contributed by atoms with Gasteiger partial charge in [-0.15, -0.1) is 0 Å². The van der Waals surface area contributed by atoms with Crippen molar-refractivity contribution in [1.29, 1.82) is 0 Å². The molecule has 9 heteroatoms. The second-order valence-corrected chi connectivity index (χ2v) is 16.5. The Kier molecular flexibility index (Phi) is 11.8. The van der Waals surface area contributed by atoms with Gasteiger partial charge >= 0.3 is 0 Å². The van der Waals surface area contributed by atoms with Crippen molar-refractivity contribution in [3.8, 4) is 11.1 Å². The summed E-state index contributed by atoms with van der Waals surface area (Å²) < 4.78 is 0. The van der Waals surface area contributed by atoms with Crippen molar-refractivity contribution in [2.45, 2.75) is 124 Å². The van der Waals surface area contributed by atoms with Crippen LogP contribution in [-0.2, 0) is 19.2 Å². The van der Waals surface area contributed by atoms with Gasteiger partial charge in [0.1, 0.15) is 12.1 Å². The Hall–Kier alpha value is -3.98. The lowest BCUT2D eigenvalue weighted by Gasteiger charge is -2.41. The number of rotatable bonds is 10. The molecule has 2 N–H and O–H groups in total. The summed E-state index contributed by atoms with van der Waals surface area (Å²) in [5.74, 6) is -0.647. The zero-order valence-electron chi connectivity index (χ0n) is 32.2. The van der Waals surface area contributed by atoms with Crippen molar-refractivity contribution in [3.05, 3.63) is 71.3 Å². The highest BCUT2D eigenvalue weighted by Gasteiger charge is 2.41. The molecule has 9 nitrogen and oxygen atoms in total. The number of hydrogen-bond donors (Lipinski definition) is 2. The van der Waals surface area contributed by atoms with Crippen molar-refractivity contribution in [3.63, 3.8) is 0 Å². The van der Waals surface area contributed by atoms with Crippen molar-refractivity contribution in [1.82, 2.24) is 25.3 Å². The average molecular weight is 698 g/mol. The first-order valence-corrected chi connectivity index (χ1v) is 18.9. The van der Waals surface area contributed by atoms with Gasteiger partial charge < -0.3 is 20.4 Å². The van der Waals surface area contributed by atoms with Crippen molar-refractivity contribution < 1.29 is 19.2 Å². The molecular formula is C42H59N5O4. The SMILES string of the molecule is C/C(=C\C(C(C)C)N(C)C(=O)C(NC(=O)[C@H]1CCCCN1C(C)C)C(C)(C)C)C(=O)N1CCCC1C(=O)NC1c2ccccc2-c2ccccc21. The van der Waals surface area contributed by atoms with Crippen molar-refractivity contribution in [2.24, 2.45) is 11.3 Å². The van der Waals surface area contributed by atoms with Gasteiger partial charge in [-0.3, -0.25) is 24.1 Å². The van der Waals surface area contributed by atoms with Gasteiger partial charge in [-0.25, -0.2) is 0 Å². The van der Waals surface area contributed by atoms with E-state index in [1.165, 1.54) is 0 Å². The summed E-state index contributed by atoms with van der Waals surface area (Å²) in [7, 11) is 1.76. The van der Waals surface area contributed by atoms with Gasteiger partial charge in [0.05, 0.1) is 18.1 Å². The largest absolute Gasteiger partial charge is 0.343 e. The Morgan fingerprint density at radius 2 is 1.41 bits per heavy atom. The van der Waals surface area contributed by atoms with E-state index in [2.05, 4.69) is 53.6 Å². The molecule has 2 aromatic carbocycles. The molecule has 4 amide bonds. The van der Waals surface area contributed by atoms with E-state index in [1.54, 1.807) is 23.8 Å². The fraction of sp³-hybridized carbons (Fsp3) is 0.571. The smallest absolute Gasteiger partial charge is 0.249 e. The van der Waals surface area contributed by atoms with Gasteiger partial charge in [0, 0.05) is 25.2 Å². The summed E-state index contributed by atoms with van der Waals surface area (Å²) in [6.45, 7) is 17.3. The van der Waals surface area contributed by atoms with Gasteiger partial charge in [0.25, 0.3) is 0 Å². The molecule has 0 spiro atoms. The number of benzene rings is 2. The first-order valence-electron chi connectivity index (χ1n) is 18.9. The summed E-state index contributed by atoms with van der Waals surface area (Å²) in [6, 6.07) is 14.3. The van der Waals surface area contributed by atoms with E-state index < -0.39 is 23.5 Å². The second kappa shape index (κ2) is 15.7. The second-order valence-electron chi connectivity index (χ2n) is 16.5. The van der Waals surface area contributed by atoms with Gasteiger partial charge in [-0.2, -0.15) is 0 Å². The zero-order valence-corrected chi connectivity index (χ0v) is 32.2. The summed E-state index contributed by atoms with van der Waals surface area (Å²) >= 11 is 0. The lowest BCUT2D eigenvalue weighted by Crippen LogP contribution is -2.60. The number of likely N-dealkylation sites (tertiary alicyclic amines) is 2. The third-order valence-corrected chi connectivity index (χ3v) is 11.1. The standard InChI is InChI=1S/C42H59N5O4/c1-26(2)35(45(9)41(51)37(42(6,7)8)44-39(49)33-21-14-15-23-46(33)27(3)4)25-28(5)40(50)47-24-16-22-34(47)38(48)43-36-31-19-12-10-17-29(31)30-18-11-13-20-32(30)36/h10-13,17-20,25-27,33-37H,14-16,21-24H2,1-9H3,(H,43,48)(H,44,49)/b28-25+/t33-,34?,35?,37?/m1/s1. The van der Waals surface area contributed by atoms with Crippen LogP contribution in [-0.4, -0.2) is 88.7 Å². The lowest BCUT2D eigenvalue weighted by atomic mass is 9.84. The van der Waals surface area contributed by atoms with Crippen molar-refractivity contribution >= 4 is 23.6 Å². The predicted molar refractivity (Wildman–Crippen MR) is 203 cm³/mol. The number of nitrogens with zero attached hydrogens (tertiary/aromatic N) is 3. The maximum atomic E-state index is 14.3. The van der Waals surface area contributed by atoms with Crippen LogP contribution in [0.3, 0.4) is 0 Å². The number of hydrogen-bond acceptors (Lipinski definition) is 5. The summed E-state index contributed by atoms with van der Waals surface area (Å²) in [5.41, 5.74) is 4.32. The predicted octanol–water partition coefficient (Wildman–Crippen LogP) is 6.09. The van der Waals surface area contributed by atoms with Crippen LogP contribution in [0.2, 0.25) is 0 Å². The van der Waals surface area contributed by atoms with Crippen LogP contribution in [0.1, 0.15) is 105 Å². The Labute approximate surface area is 305 Å². The van der Waals surface area contributed by atoms with Gasteiger partial charge in [0.2, 0.25) is 23.6 Å². The molecule has 4 atom stereocenters. The maximum Gasteiger partial charge on any atom is 0.249 e. The highest BCUT2D eigenvalue weighted by molar-refractivity contribution is 5.98. The third kappa shape index (κ3) is 8.09. The van der Waals surface area contributed by atoms with E-state index in [0.29, 0.717) is 18.5 Å². The molecule has 2 heterocycles. The molecule has 51 heavy (non-hydrogen) atoms. The molecule has 0 radical (unpaired) electrons. The molecule has 5 rings (SSSR count). The number of amides is 4. The zero-order chi connectivity index (χ0) is 37.2. The minimum absolute atomic E-state index is 0.00651. The van der Waals surface area contributed by atoms with E-state index in [0.717, 1.165) is 54.5 Å². The molecule has 1 aliphatic carbocycles. The molecule has 2 saturated heterocycles. The van der Waals surface area contributed by atoms with E-state index in [-0.39, 0.29) is 47.7 Å². The molecule has 3 aliphatic rings. The molecule has 2 aliphatic heterocycles. The number of likely N-dealkylation sites (N-methyl/N-ethyl adjacent to an activating group) is 1. The number of carbonyl (C=O) groups excluding carboxylic acids is 4. The van der Waals surface area contributed by atoms with E-state index in [4.69, 9.17) is 0 Å². The van der Waals surface area contributed by atoms with E-state index in [1.807, 2.05) is 65.0 Å². The van der Waals surface area contributed by atoms with Crippen LogP contribution in [0, 0.1) is 11.3 Å². The molecule has 276 valence electrons. The Morgan fingerprint density at radius 1 is 0.824 bits per heavy atom. The van der Waals surface area contributed by atoms with Crippen molar-refractivity contribution in [2.75, 3.05) is 20.1 Å². The molecule has 3 unspecified atom stereocenters. The van der Waals surface area contributed by atoms with Gasteiger partial charge in [0.15, 0.2) is 0 Å². The lowest BCUT2D eigenvalue weighted by molar-refractivity contribution is -0.142.